The highest BCUT2D eigenvalue weighted by Crippen LogP contribution is 2.41. The first-order valence-corrected chi connectivity index (χ1v) is 6.12. The third-order valence-corrected chi connectivity index (χ3v) is 3.06. The van der Waals surface area contributed by atoms with Crippen LogP contribution in [0.3, 0.4) is 0 Å². The summed E-state index contributed by atoms with van der Waals surface area (Å²) in [4.78, 5) is 0. The molecule has 0 N–H and O–H groups in total. The first-order chi connectivity index (χ1) is 6.56. The molecule has 0 spiro atoms. The predicted molar refractivity (Wildman–Crippen MR) is 52.1 cm³/mol. The second kappa shape index (κ2) is 3.35. The second-order valence-electron chi connectivity index (χ2n) is 3.66. The molecular formula is C10H11FO2S. The molecule has 1 aromatic carbocycles. The third-order valence-electron chi connectivity index (χ3n) is 2.40. The van der Waals surface area contributed by atoms with Gasteiger partial charge in [0.15, 0.2) is 0 Å². The van der Waals surface area contributed by atoms with E-state index in [4.69, 9.17) is 0 Å². The smallest absolute Gasteiger partial charge is 0.194 e. The zero-order valence-corrected chi connectivity index (χ0v) is 8.43. The van der Waals surface area contributed by atoms with E-state index in [0.29, 0.717) is 11.5 Å². The molecule has 1 aliphatic carbocycles. The molecule has 0 bridgehead atoms. The molecule has 0 radical (unpaired) electrons. The van der Waals surface area contributed by atoms with Crippen molar-refractivity contribution in [3.63, 3.8) is 0 Å². The van der Waals surface area contributed by atoms with E-state index in [0.717, 1.165) is 18.4 Å². The van der Waals surface area contributed by atoms with Crippen LogP contribution in [-0.4, -0.2) is 8.42 Å². The fourth-order valence-corrected chi connectivity index (χ4v) is 2.28. The van der Waals surface area contributed by atoms with Gasteiger partial charge in [0.25, 0.3) is 0 Å². The van der Waals surface area contributed by atoms with Crippen molar-refractivity contribution < 1.29 is 12.3 Å². The molecule has 1 fully saturated rings. The molecule has 1 aromatic rings. The summed E-state index contributed by atoms with van der Waals surface area (Å²) in [7, 11) is -4.41. The van der Waals surface area contributed by atoms with Crippen LogP contribution in [0.4, 0.5) is 3.89 Å². The number of hydrogen-bond donors (Lipinski definition) is 0. The van der Waals surface area contributed by atoms with Crippen LogP contribution in [0.15, 0.2) is 24.3 Å². The number of benzene rings is 1. The Bertz CT molecular complexity index is 435. The lowest BCUT2D eigenvalue weighted by atomic mass is 10.1. The summed E-state index contributed by atoms with van der Waals surface area (Å²) in [5.74, 6) is -0.0346. The Hall–Kier alpha value is -0.900. The van der Waals surface area contributed by atoms with Gasteiger partial charge in [-0.2, -0.15) is 8.42 Å². The molecule has 4 heteroatoms. The van der Waals surface area contributed by atoms with Crippen molar-refractivity contribution >= 4 is 10.2 Å². The maximum Gasteiger partial charge on any atom is 0.306 e. The summed E-state index contributed by atoms with van der Waals surface area (Å²) >= 11 is 0. The maximum atomic E-state index is 12.5. The molecule has 76 valence electrons. The summed E-state index contributed by atoms with van der Waals surface area (Å²) in [6, 6.07) is 7.18. The van der Waals surface area contributed by atoms with Gasteiger partial charge >= 0.3 is 10.2 Å². The highest BCUT2D eigenvalue weighted by molar-refractivity contribution is 7.85. The summed E-state index contributed by atoms with van der Waals surface area (Å²) in [6.07, 6.45) is 2.17. The van der Waals surface area contributed by atoms with Crippen molar-refractivity contribution in [2.75, 3.05) is 0 Å². The van der Waals surface area contributed by atoms with E-state index >= 15 is 0 Å². The van der Waals surface area contributed by atoms with Gasteiger partial charge in [0.05, 0.1) is 0 Å². The number of hydrogen-bond acceptors (Lipinski definition) is 2. The SMILES string of the molecule is O=S(=O)(F)Cc1ccccc1C1CC1. The van der Waals surface area contributed by atoms with E-state index in [1.807, 2.05) is 12.1 Å². The molecule has 0 atom stereocenters. The van der Waals surface area contributed by atoms with E-state index in [1.54, 1.807) is 12.1 Å². The Kier molecular flexibility index (Phi) is 2.31. The fourth-order valence-electron chi connectivity index (χ4n) is 1.64. The topological polar surface area (TPSA) is 34.1 Å². The lowest BCUT2D eigenvalue weighted by Crippen LogP contribution is -1.99. The zero-order chi connectivity index (χ0) is 10.2. The van der Waals surface area contributed by atoms with Crippen molar-refractivity contribution in [2.45, 2.75) is 24.5 Å². The van der Waals surface area contributed by atoms with Gasteiger partial charge in [0.1, 0.15) is 5.75 Å². The van der Waals surface area contributed by atoms with E-state index in [-0.39, 0.29) is 0 Å². The monoisotopic (exact) mass is 214 g/mol. The van der Waals surface area contributed by atoms with Crippen LogP contribution in [0.2, 0.25) is 0 Å². The van der Waals surface area contributed by atoms with Crippen LogP contribution in [0.25, 0.3) is 0 Å². The van der Waals surface area contributed by atoms with Crippen molar-refractivity contribution in [3.05, 3.63) is 35.4 Å². The van der Waals surface area contributed by atoms with Crippen LogP contribution in [0.5, 0.6) is 0 Å². The molecule has 2 nitrogen and oxygen atoms in total. The van der Waals surface area contributed by atoms with Crippen LogP contribution in [0.1, 0.15) is 29.9 Å². The van der Waals surface area contributed by atoms with Crippen molar-refractivity contribution in [1.29, 1.82) is 0 Å². The number of rotatable bonds is 3. The van der Waals surface area contributed by atoms with Gasteiger partial charge in [-0.05, 0) is 29.9 Å². The minimum Gasteiger partial charge on any atom is -0.194 e. The summed E-state index contributed by atoms with van der Waals surface area (Å²) in [6.45, 7) is 0. The van der Waals surface area contributed by atoms with Crippen LogP contribution in [-0.2, 0) is 16.0 Å². The Morgan fingerprint density at radius 3 is 2.50 bits per heavy atom. The van der Waals surface area contributed by atoms with Crippen LogP contribution >= 0.6 is 0 Å². The predicted octanol–water partition coefficient (Wildman–Crippen LogP) is 2.36. The zero-order valence-electron chi connectivity index (χ0n) is 7.61. The van der Waals surface area contributed by atoms with E-state index < -0.39 is 16.0 Å². The van der Waals surface area contributed by atoms with Crippen molar-refractivity contribution in [2.24, 2.45) is 0 Å². The third kappa shape index (κ3) is 2.32. The largest absolute Gasteiger partial charge is 0.306 e. The molecular weight excluding hydrogens is 203 g/mol. The van der Waals surface area contributed by atoms with Gasteiger partial charge < -0.3 is 0 Å². The average Bonchev–Trinajstić information content (AvgIpc) is 2.85. The second-order valence-corrected chi connectivity index (χ2v) is 5.02. The molecule has 1 aliphatic rings. The Labute approximate surface area is 83.0 Å². The quantitative estimate of drug-likeness (QED) is 0.724. The Morgan fingerprint density at radius 1 is 1.29 bits per heavy atom. The summed E-state index contributed by atoms with van der Waals surface area (Å²) in [5, 5.41) is 0. The standard InChI is InChI=1S/C10H11FO2S/c11-14(12,13)7-9-3-1-2-4-10(9)8-5-6-8/h1-4,8H,5-7H2. The van der Waals surface area contributed by atoms with Gasteiger partial charge in [-0.25, -0.2) is 0 Å². The Balaban J connectivity index is 2.32. The molecule has 0 unspecified atom stereocenters. The Morgan fingerprint density at radius 2 is 1.93 bits per heavy atom. The molecule has 1 saturated carbocycles. The first kappa shape index (κ1) is 9.65. The van der Waals surface area contributed by atoms with E-state index in [2.05, 4.69) is 0 Å². The van der Waals surface area contributed by atoms with Crippen LogP contribution in [0, 0.1) is 0 Å². The van der Waals surface area contributed by atoms with Gasteiger partial charge in [0.2, 0.25) is 0 Å². The van der Waals surface area contributed by atoms with Gasteiger partial charge in [-0.3, -0.25) is 0 Å². The van der Waals surface area contributed by atoms with Gasteiger partial charge in [0, 0.05) is 0 Å². The summed E-state index contributed by atoms with van der Waals surface area (Å²) in [5.41, 5.74) is 1.60. The minimum atomic E-state index is -4.41. The average molecular weight is 214 g/mol. The highest BCUT2D eigenvalue weighted by Gasteiger charge is 2.26. The molecule has 0 aromatic heterocycles. The molecule has 14 heavy (non-hydrogen) atoms. The highest BCUT2D eigenvalue weighted by atomic mass is 32.3. The normalized spacial score (nSPS) is 16.9. The molecule has 0 saturated heterocycles. The van der Waals surface area contributed by atoms with Crippen LogP contribution < -0.4 is 0 Å². The lowest BCUT2D eigenvalue weighted by Gasteiger charge is -2.05. The molecule has 2 rings (SSSR count). The summed E-state index contributed by atoms with van der Waals surface area (Å²) < 4.78 is 33.6. The van der Waals surface area contributed by atoms with Crippen molar-refractivity contribution in [1.82, 2.24) is 0 Å². The molecule has 0 amide bonds. The lowest BCUT2D eigenvalue weighted by molar-refractivity contribution is 0.551. The first-order valence-electron chi connectivity index (χ1n) is 4.56. The minimum absolute atomic E-state index is 0.452. The van der Waals surface area contributed by atoms with E-state index in [9.17, 15) is 12.3 Å². The number of halogens is 1. The molecule has 0 heterocycles. The van der Waals surface area contributed by atoms with E-state index in [1.165, 1.54) is 0 Å². The molecule has 0 aliphatic heterocycles. The van der Waals surface area contributed by atoms with Crippen molar-refractivity contribution in [3.8, 4) is 0 Å². The maximum absolute atomic E-state index is 12.5. The van der Waals surface area contributed by atoms with Gasteiger partial charge in [-0.1, -0.05) is 24.3 Å². The van der Waals surface area contributed by atoms with Gasteiger partial charge in [-0.15, -0.1) is 3.89 Å². The fraction of sp³-hybridized carbons (Fsp3) is 0.400.